The zero-order valence-electron chi connectivity index (χ0n) is 6.96. The van der Waals surface area contributed by atoms with Crippen LogP contribution in [0.2, 0.25) is 0 Å². The Kier molecular flexibility index (Phi) is 4.68. The van der Waals surface area contributed by atoms with Crippen molar-refractivity contribution in [2.45, 2.75) is 13.8 Å². The van der Waals surface area contributed by atoms with Crippen molar-refractivity contribution in [3.05, 3.63) is 35.6 Å². The lowest BCUT2D eigenvalue weighted by Gasteiger charge is -1.87. The van der Waals surface area contributed by atoms with Crippen LogP contribution in [0.25, 0.3) is 0 Å². The van der Waals surface area contributed by atoms with Crippen molar-refractivity contribution in [2.75, 3.05) is 0 Å². The molecule has 0 aliphatic heterocycles. The van der Waals surface area contributed by atoms with Gasteiger partial charge >= 0.3 is 0 Å². The number of hydrogen-bond donors (Lipinski definition) is 1. The number of allylic oxidation sites excluding steroid dienone is 5. The van der Waals surface area contributed by atoms with Gasteiger partial charge in [0.25, 0.3) is 0 Å². The average Bonchev–Trinajstić information content (AvgIpc) is 1.97. The summed E-state index contributed by atoms with van der Waals surface area (Å²) < 4.78 is 0. The minimum absolute atomic E-state index is 0.671. The maximum atomic E-state index is 5.54. The third kappa shape index (κ3) is 6.47. The molecule has 0 aliphatic rings. The second kappa shape index (κ2) is 5.37. The third-order valence-corrected chi connectivity index (χ3v) is 0.981. The molecule has 0 saturated heterocycles. The molecular formula is C10H13N. The zero-order chi connectivity index (χ0) is 8.69. The molecule has 0 fully saturated rings. The molecule has 0 radical (unpaired) electrons. The fraction of sp³-hybridized carbons (Fsp3) is 0.200. The molecule has 0 aromatic carbocycles. The minimum Gasteiger partial charge on any atom is -0.399 e. The zero-order valence-corrected chi connectivity index (χ0v) is 6.96. The van der Waals surface area contributed by atoms with Crippen molar-refractivity contribution in [2.24, 2.45) is 5.73 Å². The predicted octanol–water partition coefficient (Wildman–Crippen LogP) is 1.98. The number of rotatable bonds is 2. The number of terminal acetylenes is 1. The van der Waals surface area contributed by atoms with E-state index in [1.807, 2.05) is 26.0 Å². The molecule has 0 rings (SSSR count). The van der Waals surface area contributed by atoms with Crippen LogP contribution in [-0.4, -0.2) is 0 Å². The molecule has 1 heteroatoms. The topological polar surface area (TPSA) is 26.0 Å². The van der Waals surface area contributed by atoms with Gasteiger partial charge in [0, 0.05) is 5.70 Å². The highest BCUT2D eigenvalue weighted by molar-refractivity contribution is 5.26. The van der Waals surface area contributed by atoms with Crippen molar-refractivity contribution < 1.29 is 0 Å². The quantitative estimate of drug-likeness (QED) is 0.469. The largest absolute Gasteiger partial charge is 0.399 e. The Labute approximate surface area is 68.3 Å². The van der Waals surface area contributed by atoms with Gasteiger partial charge in [-0.25, -0.2) is 0 Å². The normalized spacial score (nSPS) is 11.2. The van der Waals surface area contributed by atoms with E-state index in [0.717, 1.165) is 0 Å². The second-order valence-electron chi connectivity index (χ2n) is 2.41. The van der Waals surface area contributed by atoms with E-state index in [1.54, 1.807) is 12.2 Å². The average molecular weight is 147 g/mol. The van der Waals surface area contributed by atoms with Crippen LogP contribution in [0.3, 0.4) is 0 Å². The van der Waals surface area contributed by atoms with E-state index in [4.69, 9.17) is 12.2 Å². The summed E-state index contributed by atoms with van der Waals surface area (Å²) in [6, 6.07) is 0. The Hall–Kier alpha value is -1.42. The van der Waals surface area contributed by atoms with Crippen LogP contribution in [0.5, 0.6) is 0 Å². The highest BCUT2D eigenvalue weighted by Gasteiger charge is 1.77. The fourth-order valence-corrected chi connectivity index (χ4v) is 0.463. The summed E-state index contributed by atoms with van der Waals surface area (Å²) in [5.74, 6) is 2.36. The lowest BCUT2D eigenvalue weighted by Crippen LogP contribution is -1.90. The molecule has 2 N–H and O–H groups in total. The predicted molar refractivity (Wildman–Crippen MR) is 49.7 cm³/mol. The standard InChI is InChI=1S/C10H13N/c1-4-5-6-10(11)8-7-9(2)3/h1,5-8H,11H2,2-3H3/b6-5+,10-8+. The molecule has 0 aliphatic carbocycles. The molecular weight excluding hydrogens is 134 g/mol. The first-order valence-electron chi connectivity index (χ1n) is 3.40. The molecule has 11 heavy (non-hydrogen) atoms. The molecule has 0 saturated carbocycles. The molecule has 0 unspecified atom stereocenters. The van der Waals surface area contributed by atoms with Gasteiger partial charge < -0.3 is 5.73 Å². The monoisotopic (exact) mass is 147 g/mol. The summed E-state index contributed by atoms with van der Waals surface area (Å²) in [7, 11) is 0. The maximum Gasteiger partial charge on any atom is 0.0320 e. The first kappa shape index (κ1) is 9.58. The van der Waals surface area contributed by atoms with Gasteiger partial charge in [-0.05, 0) is 32.1 Å². The summed E-state index contributed by atoms with van der Waals surface area (Å²) in [6.45, 7) is 4.02. The molecule has 0 aromatic heterocycles. The number of nitrogens with two attached hydrogens (primary N) is 1. The minimum atomic E-state index is 0.671. The van der Waals surface area contributed by atoms with Crippen LogP contribution in [0, 0.1) is 12.3 Å². The molecule has 0 spiro atoms. The fourth-order valence-electron chi connectivity index (χ4n) is 0.463. The summed E-state index contributed by atoms with van der Waals surface area (Å²) in [5, 5.41) is 0. The van der Waals surface area contributed by atoms with E-state index < -0.39 is 0 Å². The first-order valence-corrected chi connectivity index (χ1v) is 3.40. The van der Waals surface area contributed by atoms with Crippen molar-refractivity contribution in [3.63, 3.8) is 0 Å². The molecule has 0 heterocycles. The lowest BCUT2D eigenvalue weighted by molar-refractivity contribution is 1.37. The Bertz CT molecular complexity index is 232. The van der Waals surface area contributed by atoms with Crippen LogP contribution < -0.4 is 5.73 Å². The molecule has 0 aromatic rings. The van der Waals surface area contributed by atoms with Crippen LogP contribution >= 0.6 is 0 Å². The molecule has 0 bridgehead atoms. The molecule has 58 valence electrons. The first-order chi connectivity index (χ1) is 5.16. The van der Waals surface area contributed by atoms with E-state index >= 15 is 0 Å². The van der Waals surface area contributed by atoms with Gasteiger partial charge in [0.2, 0.25) is 0 Å². The smallest absolute Gasteiger partial charge is 0.0320 e. The maximum absolute atomic E-state index is 5.54. The Morgan fingerprint density at radius 3 is 2.45 bits per heavy atom. The van der Waals surface area contributed by atoms with Gasteiger partial charge in [-0.1, -0.05) is 17.6 Å². The van der Waals surface area contributed by atoms with E-state index in [9.17, 15) is 0 Å². The molecule has 1 nitrogen and oxygen atoms in total. The second-order valence-corrected chi connectivity index (χ2v) is 2.41. The highest BCUT2D eigenvalue weighted by atomic mass is 14.5. The molecule has 0 atom stereocenters. The van der Waals surface area contributed by atoms with Crippen LogP contribution in [-0.2, 0) is 0 Å². The Morgan fingerprint density at radius 2 is 2.00 bits per heavy atom. The Balaban J connectivity index is 4.15. The SMILES string of the molecule is C#C/C=C/C(N)=C\C=C(C)C. The van der Waals surface area contributed by atoms with Gasteiger partial charge in [-0.3, -0.25) is 0 Å². The van der Waals surface area contributed by atoms with Crippen LogP contribution in [0.1, 0.15) is 13.8 Å². The van der Waals surface area contributed by atoms with E-state index in [1.165, 1.54) is 5.57 Å². The van der Waals surface area contributed by atoms with E-state index in [2.05, 4.69) is 5.92 Å². The van der Waals surface area contributed by atoms with Gasteiger partial charge in [-0.15, -0.1) is 6.42 Å². The van der Waals surface area contributed by atoms with E-state index in [0.29, 0.717) is 5.70 Å². The lowest BCUT2D eigenvalue weighted by atomic mass is 10.3. The summed E-state index contributed by atoms with van der Waals surface area (Å²) in [5.41, 5.74) is 7.42. The summed E-state index contributed by atoms with van der Waals surface area (Å²) in [4.78, 5) is 0. The summed E-state index contributed by atoms with van der Waals surface area (Å²) in [6.07, 6.45) is 12.0. The van der Waals surface area contributed by atoms with Gasteiger partial charge in [0.05, 0.1) is 0 Å². The van der Waals surface area contributed by atoms with Crippen molar-refractivity contribution in [1.29, 1.82) is 0 Å². The van der Waals surface area contributed by atoms with Crippen LogP contribution in [0.4, 0.5) is 0 Å². The van der Waals surface area contributed by atoms with Crippen LogP contribution in [0.15, 0.2) is 35.6 Å². The highest BCUT2D eigenvalue weighted by Crippen LogP contribution is 1.92. The van der Waals surface area contributed by atoms with Crippen molar-refractivity contribution in [1.82, 2.24) is 0 Å². The van der Waals surface area contributed by atoms with Gasteiger partial charge in [-0.2, -0.15) is 0 Å². The summed E-state index contributed by atoms with van der Waals surface area (Å²) >= 11 is 0. The van der Waals surface area contributed by atoms with Crippen molar-refractivity contribution >= 4 is 0 Å². The van der Waals surface area contributed by atoms with Gasteiger partial charge in [0.1, 0.15) is 0 Å². The van der Waals surface area contributed by atoms with E-state index in [-0.39, 0.29) is 0 Å². The third-order valence-electron chi connectivity index (χ3n) is 0.981. The Morgan fingerprint density at radius 1 is 1.36 bits per heavy atom. The number of hydrogen-bond acceptors (Lipinski definition) is 1. The van der Waals surface area contributed by atoms with Crippen molar-refractivity contribution in [3.8, 4) is 12.3 Å². The molecule has 0 amide bonds. The van der Waals surface area contributed by atoms with Gasteiger partial charge in [0.15, 0.2) is 0 Å².